The first-order valence-corrected chi connectivity index (χ1v) is 7.27. The van der Waals surface area contributed by atoms with Gasteiger partial charge >= 0.3 is 0 Å². The fraction of sp³-hybridized carbons (Fsp3) is 0.182. The van der Waals surface area contributed by atoms with Crippen LogP contribution in [-0.2, 0) is 0 Å². The van der Waals surface area contributed by atoms with E-state index in [1.807, 2.05) is 0 Å². The Labute approximate surface area is 117 Å². The molecule has 1 heterocycles. The normalized spacial score (nSPS) is 10.2. The molecule has 0 saturated heterocycles. The minimum atomic E-state index is -0.288. The first-order chi connectivity index (χ1) is 8.70. The van der Waals surface area contributed by atoms with E-state index in [0.29, 0.717) is 16.1 Å². The number of hydrogen-bond donors (Lipinski definition) is 0. The third kappa shape index (κ3) is 3.16. The highest BCUT2D eigenvalue weighted by atomic mass is 32.2. The summed E-state index contributed by atoms with van der Waals surface area (Å²) >= 11 is 8.10. The highest BCUT2D eigenvalue weighted by Crippen LogP contribution is 2.24. The molecule has 0 amide bonds. The van der Waals surface area contributed by atoms with Gasteiger partial charge in [-0.05, 0) is 36.5 Å². The van der Waals surface area contributed by atoms with Gasteiger partial charge < -0.3 is 0 Å². The number of benzene rings is 1. The van der Waals surface area contributed by atoms with Crippen molar-refractivity contribution in [1.29, 1.82) is 5.26 Å². The molecule has 7 heteroatoms. The minimum Gasteiger partial charge on any atom is -0.211 e. The summed E-state index contributed by atoms with van der Waals surface area (Å²) in [6, 6.07) is 8.09. The molecule has 92 valence electrons. The van der Waals surface area contributed by atoms with Gasteiger partial charge in [0.1, 0.15) is 5.82 Å². The quantitative estimate of drug-likeness (QED) is 0.489. The SMILES string of the molecule is N#CCCSc1nn(-c2ccc(F)cc2)c(=S)s1. The van der Waals surface area contributed by atoms with E-state index < -0.39 is 0 Å². The van der Waals surface area contributed by atoms with Crippen LogP contribution >= 0.6 is 35.3 Å². The largest absolute Gasteiger partial charge is 0.211 e. The summed E-state index contributed by atoms with van der Waals surface area (Å²) < 4.78 is 15.9. The van der Waals surface area contributed by atoms with Crippen molar-refractivity contribution >= 4 is 35.3 Å². The second-order valence-corrected chi connectivity index (χ2v) is 6.24. The lowest BCUT2D eigenvalue weighted by Crippen LogP contribution is -1.96. The molecule has 18 heavy (non-hydrogen) atoms. The van der Waals surface area contributed by atoms with E-state index in [2.05, 4.69) is 11.2 Å². The third-order valence-electron chi connectivity index (χ3n) is 2.04. The fourth-order valence-electron chi connectivity index (χ4n) is 1.25. The van der Waals surface area contributed by atoms with Crippen LogP contribution in [0.2, 0.25) is 0 Å². The van der Waals surface area contributed by atoms with E-state index in [4.69, 9.17) is 17.5 Å². The standard InChI is InChI=1S/C11H8FN3S3/c12-8-2-4-9(5-3-8)15-11(16)18-10(14-15)17-7-1-6-13/h2-5H,1,7H2. The van der Waals surface area contributed by atoms with Crippen molar-refractivity contribution in [1.82, 2.24) is 9.78 Å². The van der Waals surface area contributed by atoms with Gasteiger partial charge in [0, 0.05) is 12.2 Å². The summed E-state index contributed by atoms with van der Waals surface area (Å²) in [4.78, 5) is 0. The van der Waals surface area contributed by atoms with Crippen molar-refractivity contribution in [3.63, 3.8) is 0 Å². The van der Waals surface area contributed by atoms with Crippen LogP contribution in [0.3, 0.4) is 0 Å². The van der Waals surface area contributed by atoms with Crippen LogP contribution in [0.15, 0.2) is 28.6 Å². The third-order valence-corrected chi connectivity index (χ3v) is 4.41. The van der Waals surface area contributed by atoms with Crippen LogP contribution in [0, 0.1) is 21.1 Å². The van der Waals surface area contributed by atoms with Crippen LogP contribution in [-0.4, -0.2) is 15.5 Å². The molecule has 0 aliphatic carbocycles. The van der Waals surface area contributed by atoms with E-state index >= 15 is 0 Å². The molecule has 0 aliphatic heterocycles. The molecule has 2 aromatic rings. The summed E-state index contributed by atoms with van der Waals surface area (Å²) in [5.74, 6) is 0.409. The topological polar surface area (TPSA) is 41.6 Å². The number of rotatable bonds is 4. The van der Waals surface area contributed by atoms with Crippen LogP contribution in [0.1, 0.15) is 6.42 Å². The Bertz CT molecular complexity index is 624. The Kier molecular flexibility index (Phi) is 4.47. The van der Waals surface area contributed by atoms with Gasteiger partial charge in [0.2, 0.25) is 0 Å². The first-order valence-electron chi connectivity index (χ1n) is 5.06. The Hall–Kier alpha value is -1.23. The predicted molar refractivity (Wildman–Crippen MR) is 73.2 cm³/mol. The van der Waals surface area contributed by atoms with Gasteiger partial charge in [-0.15, -0.1) is 5.10 Å². The Morgan fingerprint density at radius 1 is 1.44 bits per heavy atom. The van der Waals surface area contributed by atoms with Gasteiger partial charge in [-0.1, -0.05) is 23.1 Å². The van der Waals surface area contributed by atoms with E-state index in [0.717, 1.165) is 10.0 Å². The number of hydrogen-bond acceptors (Lipinski definition) is 5. The van der Waals surface area contributed by atoms with Crippen LogP contribution in [0.5, 0.6) is 0 Å². The van der Waals surface area contributed by atoms with Crippen LogP contribution in [0.25, 0.3) is 5.69 Å². The van der Waals surface area contributed by atoms with Crippen molar-refractivity contribution in [3.05, 3.63) is 34.0 Å². The molecule has 0 saturated carbocycles. The molecule has 0 fully saturated rings. The van der Waals surface area contributed by atoms with E-state index in [9.17, 15) is 4.39 Å². The zero-order chi connectivity index (χ0) is 13.0. The number of nitrogens with zero attached hydrogens (tertiary/aromatic N) is 3. The highest BCUT2D eigenvalue weighted by Gasteiger charge is 2.06. The van der Waals surface area contributed by atoms with E-state index in [1.54, 1.807) is 16.8 Å². The summed E-state index contributed by atoms with van der Waals surface area (Å²) in [5, 5.41) is 12.8. The zero-order valence-electron chi connectivity index (χ0n) is 9.17. The molecule has 0 bridgehead atoms. The predicted octanol–water partition coefficient (Wildman–Crippen LogP) is 3.81. The summed E-state index contributed by atoms with van der Waals surface area (Å²) in [6.45, 7) is 0. The van der Waals surface area contributed by atoms with E-state index in [-0.39, 0.29) is 5.82 Å². The molecule has 0 aliphatic rings. The lowest BCUT2D eigenvalue weighted by Gasteiger charge is -1.99. The summed E-state index contributed by atoms with van der Waals surface area (Å²) in [5.41, 5.74) is 0.741. The van der Waals surface area contributed by atoms with Crippen molar-refractivity contribution < 1.29 is 4.39 Å². The van der Waals surface area contributed by atoms with Gasteiger partial charge in [-0.3, -0.25) is 0 Å². The summed E-state index contributed by atoms with van der Waals surface area (Å²) in [6.07, 6.45) is 0.480. The van der Waals surface area contributed by atoms with Gasteiger partial charge in [0.15, 0.2) is 8.29 Å². The van der Waals surface area contributed by atoms with Gasteiger partial charge in [-0.2, -0.15) is 5.26 Å². The van der Waals surface area contributed by atoms with E-state index in [1.165, 1.54) is 35.2 Å². The molecule has 0 N–H and O–H groups in total. The molecular formula is C11H8FN3S3. The maximum Gasteiger partial charge on any atom is 0.184 e. The minimum absolute atomic E-state index is 0.288. The highest BCUT2D eigenvalue weighted by molar-refractivity contribution is 8.01. The Morgan fingerprint density at radius 3 is 2.83 bits per heavy atom. The zero-order valence-corrected chi connectivity index (χ0v) is 11.6. The first kappa shape index (κ1) is 13.2. The fourth-order valence-corrected chi connectivity index (χ4v) is 3.52. The molecule has 0 atom stereocenters. The van der Waals surface area contributed by atoms with Crippen molar-refractivity contribution in [3.8, 4) is 11.8 Å². The lowest BCUT2D eigenvalue weighted by atomic mass is 10.3. The molecule has 1 aromatic heterocycles. The Morgan fingerprint density at radius 2 is 2.17 bits per heavy atom. The second kappa shape index (κ2) is 6.09. The second-order valence-electron chi connectivity index (χ2n) is 3.28. The molecule has 0 radical (unpaired) electrons. The van der Waals surface area contributed by atoms with Gasteiger partial charge in [0.25, 0.3) is 0 Å². The van der Waals surface area contributed by atoms with Gasteiger partial charge in [0.05, 0.1) is 11.8 Å². The number of halogens is 1. The number of nitriles is 1. The maximum absolute atomic E-state index is 12.8. The average molecular weight is 297 g/mol. The van der Waals surface area contributed by atoms with Crippen molar-refractivity contribution in [2.45, 2.75) is 10.8 Å². The Balaban J connectivity index is 2.22. The van der Waals surface area contributed by atoms with Crippen LogP contribution < -0.4 is 0 Å². The molecule has 0 spiro atoms. The van der Waals surface area contributed by atoms with Crippen molar-refractivity contribution in [2.75, 3.05) is 5.75 Å². The monoisotopic (exact) mass is 297 g/mol. The average Bonchev–Trinajstić information content (AvgIpc) is 2.72. The molecule has 0 unspecified atom stereocenters. The van der Waals surface area contributed by atoms with Gasteiger partial charge in [-0.25, -0.2) is 9.07 Å². The molecular weight excluding hydrogens is 289 g/mol. The van der Waals surface area contributed by atoms with Crippen molar-refractivity contribution in [2.24, 2.45) is 0 Å². The summed E-state index contributed by atoms with van der Waals surface area (Å²) in [7, 11) is 0. The number of aromatic nitrogens is 2. The smallest absolute Gasteiger partial charge is 0.184 e. The molecule has 1 aromatic carbocycles. The molecule has 3 nitrogen and oxygen atoms in total. The lowest BCUT2D eigenvalue weighted by molar-refractivity contribution is 0.627. The molecule has 2 rings (SSSR count). The van der Waals surface area contributed by atoms with Crippen LogP contribution in [0.4, 0.5) is 4.39 Å². The maximum atomic E-state index is 12.8. The number of thioether (sulfide) groups is 1.